The molecular weight excluding hydrogens is 581 g/mol. The van der Waals surface area contributed by atoms with Crippen molar-refractivity contribution < 1.29 is 22.6 Å². The van der Waals surface area contributed by atoms with Crippen molar-refractivity contribution in [1.29, 1.82) is 0 Å². The van der Waals surface area contributed by atoms with E-state index in [1.54, 1.807) is 0 Å². The second-order valence-corrected chi connectivity index (χ2v) is 14.5. The highest BCUT2D eigenvalue weighted by Gasteiger charge is 2.65. The Morgan fingerprint density at radius 2 is 1.04 bits per heavy atom. The number of ether oxygens (including phenoxy) is 2. The monoisotopic (exact) mass is 634 g/mol. The van der Waals surface area contributed by atoms with E-state index in [0.29, 0.717) is 32.1 Å². The first kappa shape index (κ1) is 33.5. The Labute approximate surface area is 274 Å². The number of halogens is 3. The van der Waals surface area contributed by atoms with Crippen LogP contribution in [0, 0.1) is 0 Å². The predicted octanol–water partition coefficient (Wildman–Crippen LogP) is 12.4. The van der Waals surface area contributed by atoms with Crippen LogP contribution < -0.4 is 0 Å². The highest BCUT2D eigenvalue weighted by Crippen LogP contribution is 2.57. The lowest BCUT2D eigenvalue weighted by molar-refractivity contribution is -0.438. The number of rotatable bonds is 14. The summed E-state index contributed by atoms with van der Waals surface area (Å²) in [5, 5.41) is 0. The van der Waals surface area contributed by atoms with Gasteiger partial charge in [0.2, 0.25) is 0 Å². The Morgan fingerprint density at radius 3 is 1.50 bits per heavy atom. The van der Waals surface area contributed by atoms with Gasteiger partial charge in [-0.1, -0.05) is 157 Å². The van der Waals surface area contributed by atoms with Crippen LogP contribution in [0.15, 0.2) is 60.7 Å². The van der Waals surface area contributed by atoms with Crippen molar-refractivity contribution >= 4 is 12.2 Å². The fourth-order valence-corrected chi connectivity index (χ4v) is 9.02. The van der Waals surface area contributed by atoms with Crippen molar-refractivity contribution in [3.63, 3.8) is 0 Å². The molecule has 4 aliphatic rings. The van der Waals surface area contributed by atoms with Crippen molar-refractivity contribution in [1.82, 2.24) is 0 Å². The molecule has 5 heteroatoms. The first-order chi connectivity index (χ1) is 22.3. The molecular formula is C41H53F3O2. The number of fused-ring (bicyclic) bond motifs is 2. The molecule has 0 aromatic heterocycles. The molecule has 0 bridgehead atoms. The van der Waals surface area contributed by atoms with E-state index < -0.39 is 23.2 Å². The van der Waals surface area contributed by atoms with Gasteiger partial charge in [-0.3, -0.25) is 0 Å². The Bertz CT molecular complexity index is 1260. The summed E-state index contributed by atoms with van der Waals surface area (Å²) in [6.45, 7) is 2.18. The van der Waals surface area contributed by atoms with E-state index in [-0.39, 0.29) is 18.3 Å². The maximum absolute atomic E-state index is 16.2. The lowest BCUT2D eigenvalue weighted by atomic mass is 9.72. The Kier molecular flexibility index (Phi) is 10.5. The molecule has 6 rings (SSSR count). The minimum atomic E-state index is -4.69. The molecule has 2 saturated carbocycles. The van der Waals surface area contributed by atoms with Crippen LogP contribution in [0.25, 0.3) is 12.2 Å². The van der Waals surface area contributed by atoms with E-state index in [1.165, 1.54) is 6.42 Å². The van der Waals surface area contributed by atoms with Gasteiger partial charge in [0, 0.05) is 18.3 Å². The zero-order valence-electron chi connectivity index (χ0n) is 27.8. The normalized spacial score (nSPS) is 24.4. The van der Waals surface area contributed by atoms with Crippen LogP contribution in [-0.4, -0.2) is 23.2 Å². The van der Waals surface area contributed by atoms with Gasteiger partial charge in [0.05, 0.1) is 11.2 Å². The van der Waals surface area contributed by atoms with Crippen LogP contribution in [0.3, 0.4) is 0 Å². The van der Waals surface area contributed by atoms with Gasteiger partial charge in [-0.05, 0) is 54.4 Å². The van der Waals surface area contributed by atoms with Gasteiger partial charge in [-0.2, -0.15) is 13.2 Å². The second-order valence-electron chi connectivity index (χ2n) is 14.5. The van der Waals surface area contributed by atoms with Gasteiger partial charge in [-0.15, -0.1) is 0 Å². The van der Waals surface area contributed by atoms with E-state index in [1.807, 2.05) is 24.3 Å². The first-order valence-corrected chi connectivity index (χ1v) is 18.3. The minimum absolute atomic E-state index is 0.163. The molecule has 0 N–H and O–H groups in total. The summed E-state index contributed by atoms with van der Waals surface area (Å²) in [5.74, 6) is -3.13. The van der Waals surface area contributed by atoms with Gasteiger partial charge < -0.3 is 9.47 Å². The Balaban J connectivity index is 1.39. The fourth-order valence-electron chi connectivity index (χ4n) is 9.02. The minimum Gasteiger partial charge on any atom is -0.335 e. The maximum Gasteiger partial charge on any atom is 0.443 e. The third-order valence-corrected chi connectivity index (χ3v) is 11.4. The quantitative estimate of drug-likeness (QED) is 0.152. The number of alkyl halides is 3. The second kappa shape index (κ2) is 14.4. The smallest absolute Gasteiger partial charge is 0.335 e. The van der Waals surface area contributed by atoms with Gasteiger partial charge in [0.15, 0.2) is 0 Å². The van der Waals surface area contributed by atoms with Gasteiger partial charge in [0.1, 0.15) is 0 Å². The summed E-state index contributed by atoms with van der Waals surface area (Å²) < 4.78 is 62.5. The molecule has 0 aliphatic heterocycles. The third-order valence-electron chi connectivity index (χ3n) is 11.4. The highest BCUT2D eigenvalue weighted by atomic mass is 19.4. The summed E-state index contributed by atoms with van der Waals surface area (Å²) in [4.78, 5) is 0. The maximum atomic E-state index is 16.2. The van der Waals surface area contributed by atoms with Crippen LogP contribution in [0.5, 0.6) is 0 Å². The van der Waals surface area contributed by atoms with E-state index >= 15 is 13.2 Å². The van der Waals surface area contributed by atoms with Crippen LogP contribution in [0.4, 0.5) is 13.2 Å². The van der Waals surface area contributed by atoms with E-state index in [9.17, 15) is 0 Å². The first-order valence-electron chi connectivity index (χ1n) is 18.3. The Morgan fingerprint density at radius 1 is 0.609 bits per heavy atom. The third kappa shape index (κ3) is 6.79. The molecule has 0 saturated heterocycles. The summed E-state index contributed by atoms with van der Waals surface area (Å²) in [7, 11) is 0. The van der Waals surface area contributed by atoms with Crippen LogP contribution in [-0.2, 0) is 9.47 Å². The molecule has 0 radical (unpaired) electrons. The van der Waals surface area contributed by atoms with E-state index in [0.717, 1.165) is 92.9 Å². The molecule has 2 aromatic carbocycles. The molecule has 46 heavy (non-hydrogen) atoms. The van der Waals surface area contributed by atoms with Crippen molar-refractivity contribution in [2.24, 2.45) is 0 Å². The highest BCUT2D eigenvalue weighted by molar-refractivity contribution is 5.64. The topological polar surface area (TPSA) is 18.5 Å². The molecule has 0 amide bonds. The number of hydrogen-bond acceptors (Lipinski definition) is 2. The largest absolute Gasteiger partial charge is 0.443 e. The Hall–Kier alpha value is -2.37. The zero-order valence-corrected chi connectivity index (χ0v) is 27.8. The van der Waals surface area contributed by atoms with Gasteiger partial charge in [-0.25, -0.2) is 0 Å². The molecule has 2 nitrogen and oxygen atoms in total. The van der Waals surface area contributed by atoms with Crippen molar-refractivity contribution in [3.8, 4) is 0 Å². The number of unbranched alkanes of at least 4 members (excludes halogenated alkanes) is 6. The van der Waals surface area contributed by atoms with E-state index in [2.05, 4.69) is 55.5 Å². The predicted molar refractivity (Wildman–Crippen MR) is 182 cm³/mol. The van der Waals surface area contributed by atoms with Crippen LogP contribution in [0.2, 0.25) is 0 Å². The zero-order chi connectivity index (χ0) is 32.1. The lowest BCUT2D eigenvalue weighted by Crippen LogP contribution is -2.62. The molecule has 2 aromatic rings. The van der Waals surface area contributed by atoms with Crippen LogP contribution in [0.1, 0.15) is 157 Å². The molecule has 0 spiro atoms. The fraction of sp³-hybridized carbons (Fsp3) is 0.610. The summed E-state index contributed by atoms with van der Waals surface area (Å²) in [6, 6.07) is 16.3. The SMILES string of the molecule is CCCCCCCCCC(OC1(C2C=Cc3ccccc32)CCCCC1)(OC1(C2C=Cc3ccccc32)CCCCC1)C(F)(F)F. The summed E-state index contributed by atoms with van der Waals surface area (Å²) in [5.41, 5.74) is 2.38. The van der Waals surface area contributed by atoms with Crippen molar-refractivity contribution in [2.75, 3.05) is 0 Å². The van der Waals surface area contributed by atoms with E-state index in [4.69, 9.17) is 9.47 Å². The summed E-state index contributed by atoms with van der Waals surface area (Å²) >= 11 is 0. The number of benzene rings is 2. The van der Waals surface area contributed by atoms with Gasteiger partial charge in [0.25, 0.3) is 5.79 Å². The molecule has 250 valence electrons. The lowest BCUT2D eigenvalue weighted by Gasteiger charge is -2.53. The average molecular weight is 635 g/mol. The van der Waals surface area contributed by atoms with Gasteiger partial charge >= 0.3 is 6.18 Å². The van der Waals surface area contributed by atoms with Crippen molar-refractivity contribution in [2.45, 2.75) is 157 Å². The van der Waals surface area contributed by atoms with Crippen LogP contribution >= 0.6 is 0 Å². The molecule has 2 unspecified atom stereocenters. The number of hydrogen-bond donors (Lipinski definition) is 0. The standard InChI is InChI=1S/C41H53F3O2/c1-2-3-4-5-6-7-18-31-40(41(42,43)44,45-38(27-14-8-15-28-38)36-25-23-32-19-10-12-21-34(32)36)46-39(29-16-9-17-30-39)37-26-24-33-20-11-13-22-35(33)37/h10-13,19-26,36-37H,2-9,14-18,27-31H2,1H3. The average Bonchev–Trinajstić information content (AvgIpc) is 3.70. The molecule has 0 heterocycles. The summed E-state index contributed by atoms with van der Waals surface area (Å²) in [6.07, 6.45) is 18.1. The molecule has 2 atom stereocenters. The molecule has 2 fully saturated rings. The molecule has 4 aliphatic carbocycles. The van der Waals surface area contributed by atoms with Crippen molar-refractivity contribution in [3.05, 3.63) is 82.9 Å².